The Morgan fingerprint density at radius 2 is 1.68 bits per heavy atom. The molecule has 3 aromatic rings. The molecule has 0 aliphatic heterocycles. The molecule has 0 heterocycles. The van der Waals surface area contributed by atoms with Crippen LogP contribution in [0.15, 0.2) is 65.6 Å². The molecule has 3 aromatic carbocycles. The second kappa shape index (κ2) is 9.51. The number of hydrogen-bond donors (Lipinski definition) is 3. The van der Waals surface area contributed by atoms with Gasteiger partial charge in [0, 0.05) is 11.4 Å². The Kier molecular flexibility index (Phi) is 6.99. The number of para-hydroxylation sites is 2. The summed E-state index contributed by atoms with van der Waals surface area (Å²) in [6.45, 7) is 1.69. The van der Waals surface area contributed by atoms with Gasteiger partial charge in [0.2, 0.25) is 0 Å². The van der Waals surface area contributed by atoms with Crippen LogP contribution in [0.2, 0.25) is 5.02 Å². The Morgan fingerprint density at radius 3 is 2.35 bits per heavy atom. The molecular formula is C21H19ClFN3O3S2. The number of methoxy groups -OCH3 is 1. The molecule has 0 radical (unpaired) electrons. The number of anilines is 3. The summed E-state index contributed by atoms with van der Waals surface area (Å²) in [5.74, 6) is -0.136. The summed E-state index contributed by atoms with van der Waals surface area (Å²) in [6, 6.07) is 15.6. The first kappa shape index (κ1) is 22.8. The number of nitrogens with one attached hydrogen (secondary N) is 3. The van der Waals surface area contributed by atoms with Crippen LogP contribution in [0.5, 0.6) is 5.75 Å². The number of hydrogen-bond acceptors (Lipinski definition) is 4. The Bertz CT molecular complexity index is 1240. The lowest BCUT2D eigenvalue weighted by atomic mass is 10.2. The molecular weight excluding hydrogens is 461 g/mol. The molecule has 0 amide bonds. The summed E-state index contributed by atoms with van der Waals surface area (Å²) >= 11 is 11.0. The van der Waals surface area contributed by atoms with Gasteiger partial charge in [-0.15, -0.1) is 0 Å². The van der Waals surface area contributed by atoms with Crippen LogP contribution in [0.25, 0.3) is 0 Å². The number of benzene rings is 3. The third-order valence-electron chi connectivity index (χ3n) is 4.26. The Hall–Kier alpha value is -2.88. The largest absolute Gasteiger partial charge is 0.495 e. The fraction of sp³-hybridized carbons (Fsp3) is 0.0952. The first-order valence-corrected chi connectivity index (χ1v) is 11.3. The number of thiocarbonyl (C=S) groups is 1. The standard InChI is InChI=1S/C21H19ClFN3O3S2/c1-13-7-8-15(25-21(30)24-14-9-10-17(23)16(22)11-14)12-20(13)31(27,28)26-18-5-3-4-6-19(18)29-2/h3-12,26H,1-2H3,(H2,24,25,30). The Labute approximate surface area is 190 Å². The van der Waals surface area contributed by atoms with E-state index in [9.17, 15) is 12.8 Å². The number of rotatable bonds is 6. The molecule has 0 aromatic heterocycles. The highest BCUT2D eigenvalue weighted by molar-refractivity contribution is 7.92. The summed E-state index contributed by atoms with van der Waals surface area (Å²) in [5.41, 5.74) is 1.82. The van der Waals surface area contributed by atoms with Crippen LogP contribution in [0.3, 0.4) is 0 Å². The molecule has 0 aliphatic rings. The van der Waals surface area contributed by atoms with Gasteiger partial charge in [-0.3, -0.25) is 4.72 Å². The van der Waals surface area contributed by atoms with Gasteiger partial charge < -0.3 is 15.4 Å². The quantitative estimate of drug-likeness (QED) is 0.410. The molecule has 10 heteroatoms. The molecule has 0 bridgehead atoms. The zero-order valence-electron chi connectivity index (χ0n) is 16.6. The Balaban J connectivity index is 1.80. The average molecular weight is 480 g/mol. The van der Waals surface area contributed by atoms with E-state index >= 15 is 0 Å². The van der Waals surface area contributed by atoms with Gasteiger partial charge in [0.05, 0.1) is 22.7 Å². The predicted octanol–water partition coefficient (Wildman–Crippen LogP) is 5.41. The molecule has 0 saturated heterocycles. The molecule has 0 fully saturated rings. The van der Waals surface area contributed by atoms with Crippen LogP contribution < -0.4 is 20.1 Å². The zero-order chi connectivity index (χ0) is 22.6. The Morgan fingerprint density at radius 1 is 1.03 bits per heavy atom. The van der Waals surface area contributed by atoms with E-state index in [1.54, 1.807) is 43.3 Å². The smallest absolute Gasteiger partial charge is 0.262 e. The number of sulfonamides is 1. The summed E-state index contributed by atoms with van der Waals surface area (Å²) < 4.78 is 47.0. The molecule has 0 saturated carbocycles. The maximum atomic E-state index is 13.3. The van der Waals surface area contributed by atoms with E-state index in [-0.39, 0.29) is 15.0 Å². The first-order chi connectivity index (χ1) is 14.7. The molecule has 31 heavy (non-hydrogen) atoms. The molecule has 3 rings (SSSR count). The van der Waals surface area contributed by atoms with E-state index in [1.165, 1.54) is 31.4 Å². The lowest BCUT2D eigenvalue weighted by Gasteiger charge is -2.15. The van der Waals surface area contributed by atoms with Gasteiger partial charge in [-0.2, -0.15) is 0 Å². The van der Waals surface area contributed by atoms with Crippen LogP contribution in [0.1, 0.15) is 5.56 Å². The summed E-state index contributed by atoms with van der Waals surface area (Å²) in [4.78, 5) is 0.0797. The van der Waals surface area contributed by atoms with E-state index in [1.807, 2.05) is 0 Å². The summed E-state index contributed by atoms with van der Waals surface area (Å²) in [5, 5.41) is 5.94. The topological polar surface area (TPSA) is 79.5 Å². The van der Waals surface area contributed by atoms with E-state index < -0.39 is 15.8 Å². The molecule has 3 N–H and O–H groups in total. The fourth-order valence-electron chi connectivity index (χ4n) is 2.76. The second-order valence-corrected chi connectivity index (χ2v) is 8.96. The fourth-order valence-corrected chi connectivity index (χ4v) is 4.52. The van der Waals surface area contributed by atoms with Gasteiger partial charge in [0.25, 0.3) is 10.0 Å². The van der Waals surface area contributed by atoms with Crippen molar-refractivity contribution in [2.45, 2.75) is 11.8 Å². The molecule has 0 spiro atoms. The van der Waals surface area contributed by atoms with E-state index in [4.69, 9.17) is 28.6 Å². The lowest BCUT2D eigenvalue weighted by Crippen LogP contribution is -2.20. The third-order valence-corrected chi connectivity index (χ3v) is 6.27. The lowest BCUT2D eigenvalue weighted by molar-refractivity contribution is 0.417. The molecule has 0 aliphatic carbocycles. The maximum Gasteiger partial charge on any atom is 0.262 e. The third kappa shape index (κ3) is 5.63. The van der Waals surface area contributed by atoms with Crippen molar-refractivity contribution in [3.05, 3.63) is 77.1 Å². The van der Waals surface area contributed by atoms with Crippen molar-refractivity contribution in [1.29, 1.82) is 0 Å². The number of ether oxygens (including phenoxy) is 1. The van der Waals surface area contributed by atoms with Gasteiger partial charge in [-0.1, -0.05) is 29.8 Å². The summed E-state index contributed by atoms with van der Waals surface area (Å²) in [6.07, 6.45) is 0. The normalized spacial score (nSPS) is 11.0. The van der Waals surface area contributed by atoms with Crippen LogP contribution in [-0.4, -0.2) is 20.6 Å². The highest BCUT2D eigenvalue weighted by atomic mass is 35.5. The van der Waals surface area contributed by atoms with Crippen molar-refractivity contribution in [1.82, 2.24) is 0 Å². The van der Waals surface area contributed by atoms with Crippen LogP contribution in [0, 0.1) is 12.7 Å². The van der Waals surface area contributed by atoms with Crippen LogP contribution >= 0.6 is 23.8 Å². The second-order valence-electron chi connectivity index (χ2n) is 6.49. The first-order valence-electron chi connectivity index (χ1n) is 8.99. The van der Waals surface area contributed by atoms with Gasteiger partial charge in [-0.05, 0) is 67.2 Å². The van der Waals surface area contributed by atoms with E-state index in [0.29, 0.717) is 28.4 Å². The molecule has 0 atom stereocenters. The van der Waals surface area contributed by atoms with Crippen LogP contribution in [-0.2, 0) is 10.0 Å². The number of halogens is 2. The maximum absolute atomic E-state index is 13.3. The van der Waals surface area contributed by atoms with Crippen molar-refractivity contribution in [2.24, 2.45) is 0 Å². The highest BCUT2D eigenvalue weighted by Gasteiger charge is 2.19. The zero-order valence-corrected chi connectivity index (χ0v) is 19.0. The van der Waals surface area contributed by atoms with E-state index in [2.05, 4.69) is 15.4 Å². The van der Waals surface area contributed by atoms with Crippen molar-refractivity contribution in [2.75, 3.05) is 22.5 Å². The van der Waals surface area contributed by atoms with E-state index in [0.717, 1.165) is 0 Å². The average Bonchev–Trinajstić information content (AvgIpc) is 2.72. The van der Waals surface area contributed by atoms with Gasteiger partial charge in [0.1, 0.15) is 11.6 Å². The van der Waals surface area contributed by atoms with Gasteiger partial charge in [-0.25, -0.2) is 12.8 Å². The highest BCUT2D eigenvalue weighted by Crippen LogP contribution is 2.28. The molecule has 0 unspecified atom stereocenters. The van der Waals surface area contributed by atoms with Crippen molar-refractivity contribution in [3.63, 3.8) is 0 Å². The van der Waals surface area contributed by atoms with Crippen molar-refractivity contribution in [3.8, 4) is 5.75 Å². The molecule has 162 valence electrons. The molecule has 6 nitrogen and oxygen atoms in total. The summed E-state index contributed by atoms with van der Waals surface area (Å²) in [7, 11) is -2.43. The van der Waals surface area contributed by atoms with Crippen molar-refractivity contribution >= 4 is 56.0 Å². The minimum atomic E-state index is -3.90. The van der Waals surface area contributed by atoms with Gasteiger partial charge >= 0.3 is 0 Å². The van der Waals surface area contributed by atoms with Gasteiger partial charge in [0.15, 0.2) is 5.11 Å². The SMILES string of the molecule is COc1ccccc1NS(=O)(=O)c1cc(NC(=S)Nc2ccc(F)c(Cl)c2)ccc1C. The minimum Gasteiger partial charge on any atom is -0.495 e. The predicted molar refractivity (Wildman–Crippen MR) is 126 cm³/mol. The van der Waals surface area contributed by atoms with Crippen molar-refractivity contribution < 1.29 is 17.5 Å². The van der Waals surface area contributed by atoms with Crippen LogP contribution in [0.4, 0.5) is 21.5 Å². The number of aryl methyl sites for hydroxylation is 1. The monoisotopic (exact) mass is 479 g/mol. The minimum absolute atomic E-state index is 0.0427.